The van der Waals surface area contributed by atoms with Gasteiger partial charge in [0, 0.05) is 15.8 Å². The molecule has 72 valence electrons. The van der Waals surface area contributed by atoms with E-state index >= 15 is 0 Å². The van der Waals surface area contributed by atoms with Crippen LogP contribution in [0.5, 0.6) is 0 Å². The average Bonchev–Trinajstić information content (AvgIpc) is 2.14. The van der Waals surface area contributed by atoms with Gasteiger partial charge in [-0.1, -0.05) is 13.0 Å². The van der Waals surface area contributed by atoms with Gasteiger partial charge in [-0.05, 0) is 47.2 Å². The van der Waals surface area contributed by atoms with Crippen LogP contribution in [0.4, 0.5) is 10.1 Å². The van der Waals surface area contributed by atoms with Crippen LogP contribution in [0.15, 0.2) is 24.3 Å². The van der Waals surface area contributed by atoms with Gasteiger partial charge in [0.05, 0.1) is 0 Å². The maximum absolute atomic E-state index is 12.9. The van der Waals surface area contributed by atoms with E-state index in [1.54, 1.807) is 0 Å². The van der Waals surface area contributed by atoms with E-state index in [-0.39, 0.29) is 0 Å². The van der Waals surface area contributed by atoms with Crippen molar-refractivity contribution >= 4 is 28.3 Å². The third-order valence-corrected chi connectivity index (χ3v) is 2.47. The number of hydrogen-bond donors (Lipinski definition) is 1. The highest BCUT2D eigenvalue weighted by Crippen LogP contribution is 2.12. The summed E-state index contributed by atoms with van der Waals surface area (Å²) in [6.45, 7) is 2.25. The van der Waals surface area contributed by atoms with Crippen molar-refractivity contribution in [3.8, 4) is 0 Å². The fraction of sp³-hybridized carbons (Fsp3) is 0.400. The summed E-state index contributed by atoms with van der Waals surface area (Å²) < 4.78 is 14.0. The standard InChI is InChI=1S/C10H13FIN/c1-2-8(11)7-13-10-5-3-4-9(12)6-10/h3-6,8,13H,2,7H2,1H3. The molecule has 0 amide bonds. The van der Waals surface area contributed by atoms with Crippen molar-refractivity contribution in [2.45, 2.75) is 19.5 Å². The van der Waals surface area contributed by atoms with Gasteiger partial charge in [-0.15, -0.1) is 0 Å². The Bertz CT molecular complexity index is 265. The highest BCUT2D eigenvalue weighted by atomic mass is 127. The number of halogens is 2. The van der Waals surface area contributed by atoms with Crippen molar-refractivity contribution in [3.05, 3.63) is 27.8 Å². The first-order chi connectivity index (χ1) is 6.22. The molecule has 1 nitrogen and oxygen atoms in total. The number of anilines is 1. The monoisotopic (exact) mass is 293 g/mol. The second-order valence-electron chi connectivity index (χ2n) is 2.90. The number of alkyl halides is 1. The van der Waals surface area contributed by atoms with Crippen molar-refractivity contribution in [1.82, 2.24) is 0 Å². The van der Waals surface area contributed by atoms with E-state index in [0.29, 0.717) is 13.0 Å². The summed E-state index contributed by atoms with van der Waals surface area (Å²) in [4.78, 5) is 0. The average molecular weight is 293 g/mol. The van der Waals surface area contributed by atoms with E-state index in [1.807, 2.05) is 31.2 Å². The van der Waals surface area contributed by atoms with Gasteiger partial charge in [-0.2, -0.15) is 0 Å². The third kappa shape index (κ3) is 3.93. The zero-order valence-electron chi connectivity index (χ0n) is 7.56. The summed E-state index contributed by atoms with van der Waals surface area (Å²) in [6, 6.07) is 7.93. The van der Waals surface area contributed by atoms with Crippen molar-refractivity contribution in [2.24, 2.45) is 0 Å². The Balaban J connectivity index is 2.45. The van der Waals surface area contributed by atoms with Gasteiger partial charge in [0.25, 0.3) is 0 Å². The first-order valence-electron chi connectivity index (χ1n) is 4.36. The molecular weight excluding hydrogens is 280 g/mol. The second kappa shape index (κ2) is 5.42. The normalized spacial score (nSPS) is 12.5. The molecule has 0 fully saturated rings. The van der Waals surface area contributed by atoms with Gasteiger partial charge in [0.2, 0.25) is 0 Å². The highest BCUT2D eigenvalue weighted by molar-refractivity contribution is 14.1. The first-order valence-corrected chi connectivity index (χ1v) is 5.43. The molecule has 0 heterocycles. The van der Waals surface area contributed by atoms with Crippen LogP contribution in [0.25, 0.3) is 0 Å². The highest BCUT2D eigenvalue weighted by Gasteiger charge is 2.01. The lowest BCUT2D eigenvalue weighted by molar-refractivity contribution is 0.340. The lowest BCUT2D eigenvalue weighted by atomic mass is 10.3. The van der Waals surface area contributed by atoms with Crippen LogP contribution in [0.3, 0.4) is 0 Å². The molecule has 0 spiro atoms. The maximum atomic E-state index is 12.9. The quantitative estimate of drug-likeness (QED) is 0.838. The Morgan fingerprint density at radius 2 is 2.31 bits per heavy atom. The number of nitrogens with one attached hydrogen (secondary N) is 1. The molecule has 0 aliphatic heterocycles. The summed E-state index contributed by atoms with van der Waals surface area (Å²) in [7, 11) is 0. The van der Waals surface area contributed by atoms with Gasteiger partial charge in [-0.3, -0.25) is 0 Å². The molecular formula is C10H13FIN. The summed E-state index contributed by atoms with van der Waals surface area (Å²) in [6.07, 6.45) is -0.186. The minimum Gasteiger partial charge on any atom is -0.382 e. The molecule has 1 N–H and O–H groups in total. The molecule has 1 rings (SSSR count). The predicted octanol–water partition coefficient (Wildman–Crippen LogP) is 3.45. The molecule has 1 atom stereocenters. The molecule has 1 aromatic carbocycles. The summed E-state index contributed by atoms with van der Waals surface area (Å²) in [5.74, 6) is 0. The molecule has 0 saturated carbocycles. The molecule has 1 aromatic rings. The van der Waals surface area contributed by atoms with Crippen LogP contribution >= 0.6 is 22.6 Å². The summed E-state index contributed by atoms with van der Waals surface area (Å²) in [5, 5.41) is 3.06. The Hall–Kier alpha value is -0.320. The topological polar surface area (TPSA) is 12.0 Å². The van der Waals surface area contributed by atoms with Crippen molar-refractivity contribution in [1.29, 1.82) is 0 Å². The van der Waals surface area contributed by atoms with E-state index in [4.69, 9.17) is 0 Å². The van der Waals surface area contributed by atoms with Crippen LogP contribution in [0.1, 0.15) is 13.3 Å². The van der Waals surface area contributed by atoms with Crippen molar-refractivity contribution in [3.63, 3.8) is 0 Å². The van der Waals surface area contributed by atoms with Gasteiger partial charge >= 0.3 is 0 Å². The fourth-order valence-electron chi connectivity index (χ4n) is 0.971. The van der Waals surface area contributed by atoms with Gasteiger partial charge in [-0.25, -0.2) is 4.39 Å². The van der Waals surface area contributed by atoms with Crippen LogP contribution in [-0.2, 0) is 0 Å². The minimum atomic E-state index is -0.752. The lowest BCUT2D eigenvalue weighted by Crippen LogP contribution is -2.13. The Labute approximate surface area is 91.9 Å². The molecule has 0 aliphatic rings. The molecule has 13 heavy (non-hydrogen) atoms. The molecule has 0 radical (unpaired) electrons. The number of rotatable bonds is 4. The molecule has 3 heteroatoms. The molecule has 0 aliphatic carbocycles. The molecule has 1 unspecified atom stereocenters. The van der Waals surface area contributed by atoms with E-state index in [2.05, 4.69) is 27.9 Å². The van der Waals surface area contributed by atoms with Crippen LogP contribution < -0.4 is 5.32 Å². The summed E-state index contributed by atoms with van der Waals surface area (Å²) >= 11 is 2.24. The fourth-order valence-corrected chi connectivity index (χ4v) is 1.51. The van der Waals surface area contributed by atoms with Crippen LogP contribution in [0.2, 0.25) is 0 Å². The zero-order valence-corrected chi connectivity index (χ0v) is 9.71. The van der Waals surface area contributed by atoms with Crippen LogP contribution in [0, 0.1) is 3.57 Å². The van der Waals surface area contributed by atoms with Gasteiger partial charge in [0.1, 0.15) is 6.17 Å². The number of hydrogen-bond acceptors (Lipinski definition) is 1. The predicted molar refractivity (Wildman–Crippen MR) is 62.8 cm³/mol. The minimum absolute atomic E-state index is 0.399. The van der Waals surface area contributed by atoms with Crippen LogP contribution in [-0.4, -0.2) is 12.7 Å². The van der Waals surface area contributed by atoms with E-state index in [9.17, 15) is 4.39 Å². The van der Waals surface area contributed by atoms with Crippen molar-refractivity contribution < 1.29 is 4.39 Å². The van der Waals surface area contributed by atoms with Gasteiger partial charge in [0.15, 0.2) is 0 Å². The lowest BCUT2D eigenvalue weighted by Gasteiger charge is -2.08. The van der Waals surface area contributed by atoms with Crippen molar-refractivity contribution in [2.75, 3.05) is 11.9 Å². The van der Waals surface area contributed by atoms with E-state index in [1.165, 1.54) is 0 Å². The Morgan fingerprint density at radius 1 is 1.54 bits per heavy atom. The Morgan fingerprint density at radius 3 is 2.92 bits per heavy atom. The smallest absolute Gasteiger partial charge is 0.117 e. The Kier molecular flexibility index (Phi) is 4.48. The first kappa shape index (κ1) is 10.8. The molecule has 0 bridgehead atoms. The third-order valence-electron chi connectivity index (χ3n) is 1.80. The molecule has 0 saturated heterocycles. The SMILES string of the molecule is CCC(F)CNc1cccc(I)c1. The van der Waals surface area contributed by atoms with E-state index < -0.39 is 6.17 Å². The second-order valence-corrected chi connectivity index (χ2v) is 4.14. The molecule has 0 aromatic heterocycles. The maximum Gasteiger partial charge on any atom is 0.117 e. The zero-order chi connectivity index (χ0) is 9.68. The largest absolute Gasteiger partial charge is 0.382 e. The van der Waals surface area contributed by atoms with Gasteiger partial charge < -0.3 is 5.32 Å². The number of benzene rings is 1. The van der Waals surface area contributed by atoms with E-state index in [0.717, 1.165) is 9.26 Å². The summed E-state index contributed by atoms with van der Waals surface area (Å²) in [5.41, 5.74) is 0.989.